The first-order chi connectivity index (χ1) is 8.72. The molecule has 0 bridgehead atoms. The van der Waals surface area contributed by atoms with Crippen LogP contribution >= 0.6 is 0 Å². The maximum absolute atomic E-state index is 11.8. The summed E-state index contributed by atoms with van der Waals surface area (Å²) in [6.07, 6.45) is 3.17. The normalized spacial score (nSPS) is 10.1. The third kappa shape index (κ3) is 2.66. The van der Waals surface area contributed by atoms with E-state index >= 15 is 0 Å². The van der Waals surface area contributed by atoms with Crippen molar-refractivity contribution in [3.63, 3.8) is 0 Å². The van der Waals surface area contributed by atoms with Gasteiger partial charge < -0.3 is 10.3 Å². The van der Waals surface area contributed by atoms with Crippen LogP contribution in [0.2, 0.25) is 0 Å². The van der Waals surface area contributed by atoms with E-state index < -0.39 is 0 Å². The first kappa shape index (κ1) is 12.1. The summed E-state index contributed by atoms with van der Waals surface area (Å²) in [4.78, 5) is 25.1. The minimum Gasteiger partial charge on any atom is -0.356 e. The highest BCUT2D eigenvalue weighted by atomic mass is 16.1. The zero-order chi connectivity index (χ0) is 13.0. The van der Waals surface area contributed by atoms with Gasteiger partial charge in [0.1, 0.15) is 5.69 Å². The van der Waals surface area contributed by atoms with Gasteiger partial charge in [0.05, 0.1) is 0 Å². The fourth-order valence-electron chi connectivity index (χ4n) is 1.63. The molecule has 0 aliphatic carbocycles. The Bertz CT molecular complexity index is 555. The highest BCUT2D eigenvalue weighted by Gasteiger charge is 2.08. The summed E-state index contributed by atoms with van der Waals surface area (Å²) in [7, 11) is 0. The Kier molecular flexibility index (Phi) is 3.57. The number of nitrogens with one attached hydrogen (secondary N) is 2. The van der Waals surface area contributed by atoms with E-state index in [2.05, 4.69) is 17.2 Å². The summed E-state index contributed by atoms with van der Waals surface area (Å²) in [5, 5.41) is 2.76. The Hall–Kier alpha value is -2.36. The van der Waals surface area contributed by atoms with E-state index in [4.69, 9.17) is 0 Å². The number of benzene rings is 1. The van der Waals surface area contributed by atoms with Gasteiger partial charge in [-0.25, -0.2) is 0 Å². The van der Waals surface area contributed by atoms with Gasteiger partial charge in [0.25, 0.3) is 5.91 Å². The lowest BCUT2D eigenvalue weighted by Gasteiger charge is -2.04. The molecule has 0 unspecified atom stereocenters. The number of amides is 1. The Morgan fingerprint density at radius 2 is 2.06 bits per heavy atom. The largest absolute Gasteiger partial charge is 0.356 e. The fourth-order valence-corrected chi connectivity index (χ4v) is 1.63. The lowest BCUT2D eigenvalue weighted by Crippen LogP contribution is -2.12. The maximum Gasteiger partial charge on any atom is 0.272 e. The highest BCUT2D eigenvalue weighted by molar-refractivity contribution is 6.03. The Morgan fingerprint density at radius 3 is 2.61 bits per heavy atom. The van der Waals surface area contributed by atoms with Crippen molar-refractivity contribution in [1.29, 1.82) is 0 Å². The van der Waals surface area contributed by atoms with Crippen LogP contribution in [0.5, 0.6) is 0 Å². The van der Waals surface area contributed by atoms with Crippen molar-refractivity contribution in [1.82, 2.24) is 4.98 Å². The number of aromatic nitrogens is 1. The van der Waals surface area contributed by atoms with Gasteiger partial charge in [-0.15, -0.1) is 0 Å². The van der Waals surface area contributed by atoms with Gasteiger partial charge in [0.15, 0.2) is 6.29 Å². The number of carbonyl (C=O) groups is 2. The van der Waals surface area contributed by atoms with E-state index in [0.717, 1.165) is 12.1 Å². The summed E-state index contributed by atoms with van der Waals surface area (Å²) >= 11 is 0. The van der Waals surface area contributed by atoms with E-state index in [1.54, 1.807) is 0 Å². The number of aromatic amines is 1. The van der Waals surface area contributed by atoms with Crippen LogP contribution in [0.3, 0.4) is 0 Å². The minimum atomic E-state index is -0.257. The molecular weight excluding hydrogens is 228 g/mol. The third-order valence-electron chi connectivity index (χ3n) is 2.71. The van der Waals surface area contributed by atoms with Gasteiger partial charge in [-0.05, 0) is 30.2 Å². The number of carbonyl (C=O) groups excluding carboxylic acids is 2. The predicted octanol–water partition coefficient (Wildman–Crippen LogP) is 2.64. The Morgan fingerprint density at radius 1 is 1.33 bits per heavy atom. The zero-order valence-corrected chi connectivity index (χ0v) is 10.1. The van der Waals surface area contributed by atoms with E-state index in [1.165, 1.54) is 17.8 Å². The van der Waals surface area contributed by atoms with Gasteiger partial charge >= 0.3 is 0 Å². The maximum atomic E-state index is 11.8. The Labute approximate surface area is 105 Å². The molecule has 2 rings (SSSR count). The Balaban J connectivity index is 2.08. The second-order valence-electron chi connectivity index (χ2n) is 3.97. The van der Waals surface area contributed by atoms with Crippen LogP contribution in [-0.2, 0) is 6.42 Å². The molecule has 0 atom stereocenters. The van der Waals surface area contributed by atoms with Crippen LogP contribution in [0.15, 0.2) is 36.5 Å². The molecule has 0 aliphatic heterocycles. The van der Waals surface area contributed by atoms with Crippen molar-refractivity contribution in [2.75, 3.05) is 5.32 Å². The van der Waals surface area contributed by atoms with Crippen molar-refractivity contribution in [3.8, 4) is 0 Å². The van der Waals surface area contributed by atoms with Crippen LogP contribution in [0.1, 0.15) is 33.3 Å². The van der Waals surface area contributed by atoms with Crippen molar-refractivity contribution >= 4 is 17.9 Å². The topological polar surface area (TPSA) is 62.0 Å². The lowest BCUT2D eigenvalue weighted by molar-refractivity contribution is 0.102. The molecule has 1 heterocycles. The molecule has 2 aromatic rings. The summed E-state index contributed by atoms with van der Waals surface area (Å²) < 4.78 is 0. The van der Waals surface area contributed by atoms with Crippen LogP contribution in [-0.4, -0.2) is 17.2 Å². The quantitative estimate of drug-likeness (QED) is 0.809. The van der Waals surface area contributed by atoms with E-state index in [9.17, 15) is 9.59 Å². The van der Waals surface area contributed by atoms with Crippen molar-refractivity contribution in [2.24, 2.45) is 0 Å². The van der Waals surface area contributed by atoms with E-state index in [-0.39, 0.29) is 5.91 Å². The first-order valence-electron chi connectivity index (χ1n) is 5.77. The number of anilines is 1. The monoisotopic (exact) mass is 242 g/mol. The van der Waals surface area contributed by atoms with Crippen molar-refractivity contribution in [2.45, 2.75) is 13.3 Å². The second-order valence-corrected chi connectivity index (χ2v) is 3.97. The number of hydrogen-bond donors (Lipinski definition) is 2. The molecule has 0 aliphatic rings. The number of rotatable bonds is 4. The average Bonchev–Trinajstić information content (AvgIpc) is 2.88. The first-order valence-corrected chi connectivity index (χ1v) is 5.77. The van der Waals surface area contributed by atoms with Gasteiger partial charge in [-0.3, -0.25) is 9.59 Å². The lowest BCUT2D eigenvalue weighted by atomic mass is 10.1. The molecule has 18 heavy (non-hydrogen) atoms. The van der Waals surface area contributed by atoms with Crippen LogP contribution in [0.25, 0.3) is 0 Å². The molecule has 0 saturated heterocycles. The molecule has 92 valence electrons. The standard InChI is InChI=1S/C14H14N2O2/c1-2-10-3-5-12(6-4-10)16-14(18)13-7-11(9-17)8-15-13/h3-9,15H,2H2,1H3,(H,16,18). The third-order valence-corrected chi connectivity index (χ3v) is 2.71. The molecule has 1 aromatic heterocycles. The second kappa shape index (κ2) is 5.31. The van der Waals surface area contributed by atoms with Gasteiger partial charge in [0.2, 0.25) is 0 Å². The van der Waals surface area contributed by atoms with Crippen molar-refractivity contribution < 1.29 is 9.59 Å². The van der Waals surface area contributed by atoms with Crippen LogP contribution in [0.4, 0.5) is 5.69 Å². The van der Waals surface area contributed by atoms with Gasteiger partial charge in [0, 0.05) is 17.4 Å². The van der Waals surface area contributed by atoms with Crippen LogP contribution in [0, 0.1) is 0 Å². The summed E-state index contributed by atoms with van der Waals surface area (Å²) in [6.45, 7) is 2.08. The van der Waals surface area contributed by atoms with E-state index in [1.807, 2.05) is 24.3 Å². The molecule has 1 aromatic carbocycles. The average molecular weight is 242 g/mol. The fraction of sp³-hybridized carbons (Fsp3) is 0.143. The molecule has 0 fully saturated rings. The smallest absolute Gasteiger partial charge is 0.272 e. The minimum absolute atomic E-state index is 0.257. The zero-order valence-electron chi connectivity index (χ0n) is 10.1. The number of H-pyrrole nitrogens is 1. The summed E-state index contributed by atoms with van der Waals surface area (Å²) in [5.41, 5.74) is 2.79. The molecule has 2 N–H and O–H groups in total. The molecular formula is C14H14N2O2. The molecule has 4 heteroatoms. The van der Waals surface area contributed by atoms with Crippen LogP contribution < -0.4 is 5.32 Å². The molecule has 1 amide bonds. The molecule has 4 nitrogen and oxygen atoms in total. The molecule has 0 radical (unpaired) electrons. The van der Waals surface area contributed by atoms with Gasteiger partial charge in [-0.1, -0.05) is 19.1 Å². The number of aryl methyl sites for hydroxylation is 1. The summed E-state index contributed by atoms with van der Waals surface area (Å²) in [5.74, 6) is -0.257. The SMILES string of the molecule is CCc1ccc(NC(=O)c2cc(C=O)c[nH]2)cc1. The molecule has 0 spiro atoms. The highest BCUT2D eigenvalue weighted by Crippen LogP contribution is 2.11. The van der Waals surface area contributed by atoms with Gasteiger partial charge in [-0.2, -0.15) is 0 Å². The molecule has 0 saturated carbocycles. The van der Waals surface area contributed by atoms with Crippen molar-refractivity contribution in [3.05, 3.63) is 53.3 Å². The number of hydrogen-bond acceptors (Lipinski definition) is 2. The number of aldehydes is 1. The predicted molar refractivity (Wildman–Crippen MR) is 70.0 cm³/mol. The summed E-state index contributed by atoms with van der Waals surface area (Å²) in [6, 6.07) is 9.19. The van der Waals surface area contributed by atoms with E-state index in [0.29, 0.717) is 17.5 Å².